The van der Waals surface area contributed by atoms with Gasteiger partial charge < -0.3 is 5.21 Å². The molecule has 0 spiro atoms. The summed E-state index contributed by atoms with van der Waals surface area (Å²) < 4.78 is 0.659. The second-order valence-corrected chi connectivity index (χ2v) is 2.22. The molecule has 0 aliphatic carbocycles. The Balaban J connectivity index is 2.90. The van der Waals surface area contributed by atoms with Crippen LogP contribution in [-0.4, -0.2) is 5.78 Å². The van der Waals surface area contributed by atoms with E-state index in [9.17, 15) is 10.0 Å². The van der Waals surface area contributed by atoms with Gasteiger partial charge in [-0.25, -0.2) is 0 Å². The topological polar surface area (TPSA) is 44.0 Å². The van der Waals surface area contributed by atoms with Crippen molar-refractivity contribution in [3.63, 3.8) is 0 Å². The van der Waals surface area contributed by atoms with Crippen LogP contribution in [0.2, 0.25) is 0 Å². The summed E-state index contributed by atoms with van der Waals surface area (Å²) >= 11 is 0. The number of nitrogens with zero attached hydrogens (tertiary/aromatic N) is 1. The molecule has 0 atom stereocenters. The van der Waals surface area contributed by atoms with E-state index >= 15 is 0 Å². The lowest BCUT2D eigenvalue weighted by atomic mass is 10.1. The first kappa shape index (κ1) is 7.72. The van der Waals surface area contributed by atoms with Crippen molar-refractivity contribution in [1.82, 2.24) is 0 Å². The van der Waals surface area contributed by atoms with Crippen molar-refractivity contribution in [3.05, 3.63) is 35.3 Å². The molecule has 0 aromatic carbocycles. The number of carbonyl (C=O) groups is 1. The molecule has 0 amide bonds. The van der Waals surface area contributed by atoms with Crippen LogP contribution < -0.4 is 4.73 Å². The highest BCUT2D eigenvalue weighted by Gasteiger charge is 2.02. The van der Waals surface area contributed by atoms with Crippen LogP contribution in [0.3, 0.4) is 0 Å². The minimum atomic E-state index is 0.0607. The van der Waals surface area contributed by atoms with Gasteiger partial charge in [-0.1, -0.05) is 6.92 Å². The molecule has 1 rings (SSSR count). The quantitative estimate of drug-likeness (QED) is 0.358. The Morgan fingerprint density at radius 3 is 2.55 bits per heavy atom. The molecule has 1 aromatic rings. The zero-order valence-corrected chi connectivity index (χ0v) is 6.28. The molecule has 3 heteroatoms. The van der Waals surface area contributed by atoms with E-state index in [1.54, 1.807) is 6.92 Å². The van der Waals surface area contributed by atoms with Crippen molar-refractivity contribution < 1.29 is 9.52 Å². The van der Waals surface area contributed by atoms with Crippen molar-refractivity contribution in [2.45, 2.75) is 13.3 Å². The molecule has 58 valence electrons. The Bertz CT molecular complexity index is 253. The summed E-state index contributed by atoms with van der Waals surface area (Å²) in [5.74, 6) is 0.0607. The van der Waals surface area contributed by atoms with E-state index in [1.165, 1.54) is 24.5 Å². The molecule has 3 nitrogen and oxygen atoms in total. The maximum Gasteiger partial charge on any atom is 0.181 e. The van der Waals surface area contributed by atoms with Gasteiger partial charge >= 0.3 is 0 Å². The molecule has 0 radical (unpaired) electrons. The van der Waals surface area contributed by atoms with Gasteiger partial charge in [-0.2, -0.15) is 4.73 Å². The highest BCUT2D eigenvalue weighted by molar-refractivity contribution is 5.95. The Morgan fingerprint density at radius 2 is 2.09 bits per heavy atom. The van der Waals surface area contributed by atoms with Gasteiger partial charge in [0.2, 0.25) is 0 Å². The molecule has 11 heavy (non-hydrogen) atoms. The lowest BCUT2D eigenvalue weighted by Crippen LogP contribution is -2.24. The van der Waals surface area contributed by atoms with Gasteiger partial charge in [0.1, 0.15) is 0 Å². The van der Waals surface area contributed by atoms with Gasteiger partial charge in [0.15, 0.2) is 18.2 Å². The van der Waals surface area contributed by atoms with Crippen LogP contribution in [0.4, 0.5) is 0 Å². The highest BCUT2D eigenvalue weighted by atomic mass is 16.5. The Labute approximate surface area is 64.9 Å². The number of rotatable bonds is 2. The standard InChI is InChI=1S/C8H9NO2/c1-2-8(10)7-3-5-9(11)6-4-7/h3-6H,2H2,1H3. The maximum absolute atomic E-state index is 11.0. The molecule has 0 fully saturated rings. The summed E-state index contributed by atoms with van der Waals surface area (Å²) in [6, 6.07) is 3.05. The zero-order chi connectivity index (χ0) is 8.27. The summed E-state index contributed by atoms with van der Waals surface area (Å²) in [6.07, 6.45) is 3.12. The Morgan fingerprint density at radius 1 is 1.55 bits per heavy atom. The predicted octanol–water partition coefficient (Wildman–Crippen LogP) is 0.913. The summed E-state index contributed by atoms with van der Waals surface area (Å²) in [5, 5.41) is 10.5. The molecular weight excluding hydrogens is 142 g/mol. The third kappa shape index (κ3) is 1.77. The predicted molar refractivity (Wildman–Crippen MR) is 40.0 cm³/mol. The van der Waals surface area contributed by atoms with Crippen LogP contribution in [0.5, 0.6) is 0 Å². The van der Waals surface area contributed by atoms with Gasteiger partial charge in [0, 0.05) is 24.1 Å². The van der Waals surface area contributed by atoms with Gasteiger partial charge in [-0.15, -0.1) is 0 Å². The molecule has 0 saturated heterocycles. The van der Waals surface area contributed by atoms with E-state index in [2.05, 4.69) is 0 Å². The number of ketones is 1. The molecule has 0 aliphatic rings. The number of Topliss-reactive ketones (excluding diaryl/α,β-unsaturated/α-hetero) is 1. The van der Waals surface area contributed by atoms with Crippen LogP contribution in [-0.2, 0) is 0 Å². The normalized spacial score (nSPS) is 9.55. The van der Waals surface area contributed by atoms with Crippen molar-refractivity contribution in [3.8, 4) is 0 Å². The fourth-order valence-electron chi connectivity index (χ4n) is 0.803. The van der Waals surface area contributed by atoms with Crippen LogP contribution in [0, 0.1) is 5.21 Å². The molecule has 0 N–H and O–H groups in total. The Hall–Kier alpha value is -1.38. The van der Waals surface area contributed by atoms with Crippen LogP contribution in [0.1, 0.15) is 23.7 Å². The fourth-order valence-corrected chi connectivity index (χ4v) is 0.803. The lowest BCUT2D eigenvalue weighted by Gasteiger charge is -1.96. The van der Waals surface area contributed by atoms with Gasteiger partial charge in [-0.05, 0) is 0 Å². The average molecular weight is 151 g/mol. The van der Waals surface area contributed by atoms with E-state index in [-0.39, 0.29) is 5.78 Å². The summed E-state index contributed by atoms with van der Waals surface area (Å²) in [7, 11) is 0. The monoisotopic (exact) mass is 151 g/mol. The second kappa shape index (κ2) is 3.14. The third-order valence-corrected chi connectivity index (χ3v) is 1.45. The third-order valence-electron chi connectivity index (χ3n) is 1.45. The summed E-state index contributed by atoms with van der Waals surface area (Å²) in [5.41, 5.74) is 0.597. The first-order valence-electron chi connectivity index (χ1n) is 3.46. The molecule has 1 heterocycles. The van der Waals surface area contributed by atoms with E-state index in [0.717, 1.165) is 0 Å². The van der Waals surface area contributed by atoms with Gasteiger partial charge in [0.05, 0.1) is 0 Å². The SMILES string of the molecule is CCC(=O)c1cc[n+]([O-])cc1. The molecule has 1 aromatic heterocycles. The van der Waals surface area contributed by atoms with Crippen LogP contribution in [0.25, 0.3) is 0 Å². The van der Waals surface area contributed by atoms with Crippen molar-refractivity contribution in [2.75, 3.05) is 0 Å². The molecule has 0 unspecified atom stereocenters. The second-order valence-electron chi connectivity index (χ2n) is 2.22. The minimum Gasteiger partial charge on any atom is -0.619 e. The van der Waals surface area contributed by atoms with Crippen LogP contribution in [0.15, 0.2) is 24.5 Å². The highest BCUT2D eigenvalue weighted by Crippen LogP contribution is 1.98. The molecule has 0 bridgehead atoms. The molecular formula is C8H9NO2. The largest absolute Gasteiger partial charge is 0.619 e. The maximum atomic E-state index is 11.0. The number of hydrogen-bond acceptors (Lipinski definition) is 2. The van der Waals surface area contributed by atoms with Crippen molar-refractivity contribution in [2.24, 2.45) is 0 Å². The number of aromatic nitrogens is 1. The number of carbonyl (C=O) groups excluding carboxylic acids is 1. The van der Waals surface area contributed by atoms with E-state index < -0.39 is 0 Å². The van der Waals surface area contributed by atoms with E-state index in [0.29, 0.717) is 16.7 Å². The first-order chi connectivity index (χ1) is 5.24. The van der Waals surface area contributed by atoms with E-state index in [4.69, 9.17) is 0 Å². The zero-order valence-electron chi connectivity index (χ0n) is 6.28. The van der Waals surface area contributed by atoms with Crippen LogP contribution >= 0.6 is 0 Å². The lowest BCUT2D eigenvalue weighted by molar-refractivity contribution is -0.605. The summed E-state index contributed by atoms with van der Waals surface area (Å²) in [6.45, 7) is 1.79. The van der Waals surface area contributed by atoms with Crippen molar-refractivity contribution >= 4 is 5.78 Å². The smallest absolute Gasteiger partial charge is 0.181 e. The fraction of sp³-hybridized carbons (Fsp3) is 0.250. The van der Waals surface area contributed by atoms with Gasteiger partial charge in [-0.3, -0.25) is 4.79 Å². The number of pyridine rings is 1. The molecule has 0 aliphatic heterocycles. The first-order valence-corrected chi connectivity index (χ1v) is 3.46. The van der Waals surface area contributed by atoms with Gasteiger partial charge in [0.25, 0.3) is 0 Å². The average Bonchev–Trinajstić information content (AvgIpc) is 2.05. The van der Waals surface area contributed by atoms with E-state index in [1.807, 2.05) is 0 Å². The Kier molecular flexibility index (Phi) is 2.21. The van der Waals surface area contributed by atoms with Crippen molar-refractivity contribution in [1.29, 1.82) is 0 Å². The number of hydrogen-bond donors (Lipinski definition) is 0. The minimum absolute atomic E-state index is 0.0607. The summed E-state index contributed by atoms with van der Waals surface area (Å²) in [4.78, 5) is 11.0. The molecule has 0 saturated carbocycles.